The standard InChI is InChI=1S/C13H26N2O2/c1-3-4-8-14-12(17)15-13(10-16)7-5-6-11(2)9-13/h11,16H,3-10H2,1-2H3,(H2,14,15,17). The van der Waals surface area contributed by atoms with Crippen LogP contribution in [0.15, 0.2) is 0 Å². The number of aliphatic hydroxyl groups is 1. The predicted octanol–water partition coefficient (Wildman–Crippen LogP) is 2.03. The fourth-order valence-electron chi connectivity index (χ4n) is 2.62. The summed E-state index contributed by atoms with van der Waals surface area (Å²) < 4.78 is 0. The van der Waals surface area contributed by atoms with Gasteiger partial charge in [-0.1, -0.05) is 33.1 Å². The number of unbranched alkanes of at least 4 members (excludes halogenated alkanes) is 1. The van der Waals surface area contributed by atoms with Gasteiger partial charge in [0, 0.05) is 6.54 Å². The molecule has 0 aromatic heterocycles. The van der Waals surface area contributed by atoms with Crippen LogP contribution in [0, 0.1) is 5.92 Å². The summed E-state index contributed by atoms with van der Waals surface area (Å²) in [6.07, 6.45) is 6.11. The van der Waals surface area contributed by atoms with Crippen molar-refractivity contribution in [1.29, 1.82) is 0 Å². The first-order chi connectivity index (χ1) is 8.12. The molecule has 1 aliphatic rings. The zero-order valence-corrected chi connectivity index (χ0v) is 11.1. The molecule has 0 aromatic carbocycles. The Morgan fingerprint density at radius 3 is 2.88 bits per heavy atom. The van der Waals surface area contributed by atoms with Crippen LogP contribution in [0.2, 0.25) is 0 Å². The fourth-order valence-corrected chi connectivity index (χ4v) is 2.62. The SMILES string of the molecule is CCCCNC(=O)NC1(CO)CCCC(C)C1. The summed E-state index contributed by atoms with van der Waals surface area (Å²) >= 11 is 0. The molecular formula is C13H26N2O2. The molecule has 0 heterocycles. The van der Waals surface area contributed by atoms with E-state index in [2.05, 4.69) is 24.5 Å². The number of carbonyl (C=O) groups is 1. The maximum absolute atomic E-state index is 11.7. The molecule has 100 valence electrons. The number of urea groups is 1. The third kappa shape index (κ3) is 4.54. The van der Waals surface area contributed by atoms with E-state index in [0.29, 0.717) is 12.5 Å². The monoisotopic (exact) mass is 242 g/mol. The molecule has 1 rings (SSSR count). The molecule has 0 aliphatic heterocycles. The predicted molar refractivity (Wildman–Crippen MR) is 68.9 cm³/mol. The summed E-state index contributed by atoms with van der Waals surface area (Å²) in [6, 6.07) is -0.137. The van der Waals surface area contributed by atoms with E-state index < -0.39 is 5.54 Å². The van der Waals surface area contributed by atoms with Gasteiger partial charge in [-0.2, -0.15) is 0 Å². The summed E-state index contributed by atoms with van der Waals surface area (Å²) in [4.78, 5) is 11.7. The number of rotatable bonds is 5. The summed E-state index contributed by atoms with van der Waals surface area (Å²) in [6.45, 7) is 5.02. The number of hydrogen-bond acceptors (Lipinski definition) is 2. The highest BCUT2D eigenvalue weighted by Crippen LogP contribution is 2.31. The van der Waals surface area contributed by atoms with Gasteiger partial charge in [0.05, 0.1) is 12.1 Å². The van der Waals surface area contributed by atoms with E-state index in [1.54, 1.807) is 0 Å². The van der Waals surface area contributed by atoms with Gasteiger partial charge in [-0.25, -0.2) is 4.79 Å². The Morgan fingerprint density at radius 2 is 2.29 bits per heavy atom. The molecule has 17 heavy (non-hydrogen) atoms. The molecule has 1 aliphatic carbocycles. The lowest BCUT2D eigenvalue weighted by Crippen LogP contribution is -2.56. The van der Waals surface area contributed by atoms with Crippen molar-refractivity contribution in [3.8, 4) is 0 Å². The quantitative estimate of drug-likeness (QED) is 0.646. The number of amides is 2. The van der Waals surface area contributed by atoms with Crippen LogP contribution < -0.4 is 10.6 Å². The molecule has 1 fully saturated rings. The van der Waals surface area contributed by atoms with Gasteiger partial charge in [0.15, 0.2) is 0 Å². The number of hydrogen-bond donors (Lipinski definition) is 3. The molecule has 3 N–H and O–H groups in total. The van der Waals surface area contributed by atoms with Crippen LogP contribution >= 0.6 is 0 Å². The minimum absolute atomic E-state index is 0.0402. The zero-order chi connectivity index (χ0) is 12.7. The van der Waals surface area contributed by atoms with Gasteiger partial charge in [-0.05, 0) is 25.2 Å². The van der Waals surface area contributed by atoms with Crippen LogP contribution in [-0.2, 0) is 0 Å². The maximum atomic E-state index is 11.7. The van der Waals surface area contributed by atoms with Crippen molar-refractivity contribution in [1.82, 2.24) is 10.6 Å². The van der Waals surface area contributed by atoms with Gasteiger partial charge in [-0.3, -0.25) is 0 Å². The van der Waals surface area contributed by atoms with Gasteiger partial charge in [0.1, 0.15) is 0 Å². The van der Waals surface area contributed by atoms with Crippen LogP contribution in [0.3, 0.4) is 0 Å². The Hall–Kier alpha value is -0.770. The van der Waals surface area contributed by atoms with Crippen molar-refractivity contribution in [2.24, 2.45) is 5.92 Å². The van der Waals surface area contributed by atoms with Crippen LogP contribution in [-0.4, -0.2) is 29.8 Å². The summed E-state index contributed by atoms with van der Waals surface area (Å²) in [5.41, 5.74) is -0.395. The lowest BCUT2D eigenvalue weighted by Gasteiger charge is -2.39. The molecule has 1 saturated carbocycles. The number of aliphatic hydroxyl groups excluding tert-OH is 1. The van der Waals surface area contributed by atoms with Gasteiger partial charge in [0.25, 0.3) is 0 Å². The van der Waals surface area contributed by atoms with E-state index >= 15 is 0 Å². The Labute approximate surface area is 104 Å². The van der Waals surface area contributed by atoms with E-state index in [1.807, 2.05) is 0 Å². The molecule has 4 nitrogen and oxygen atoms in total. The molecule has 4 heteroatoms. The first-order valence-electron chi connectivity index (χ1n) is 6.79. The molecular weight excluding hydrogens is 216 g/mol. The molecule has 2 atom stereocenters. The fraction of sp³-hybridized carbons (Fsp3) is 0.923. The van der Waals surface area contributed by atoms with Gasteiger partial charge in [-0.15, -0.1) is 0 Å². The minimum atomic E-state index is -0.395. The van der Waals surface area contributed by atoms with Crippen LogP contribution in [0.1, 0.15) is 52.4 Å². The average Bonchev–Trinajstić information content (AvgIpc) is 2.29. The van der Waals surface area contributed by atoms with Crippen LogP contribution in [0.5, 0.6) is 0 Å². The highest BCUT2D eigenvalue weighted by Gasteiger charge is 2.35. The highest BCUT2D eigenvalue weighted by molar-refractivity contribution is 5.74. The van der Waals surface area contributed by atoms with Gasteiger partial charge < -0.3 is 15.7 Å². The summed E-state index contributed by atoms with van der Waals surface area (Å²) in [5.74, 6) is 0.576. The normalized spacial score (nSPS) is 28.8. The number of carbonyl (C=O) groups excluding carboxylic acids is 1. The van der Waals surface area contributed by atoms with E-state index in [4.69, 9.17) is 0 Å². The second-order valence-corrected chi connectivity index (χ2v) is 5.37. The van der Waals surface area contributed by atoms with E-state index in [-0.39, 0.29) is 12.6 Å². The van der Waals surface area contributed by atoms with Crippen molar-refractivity contribution in [2.75, 3.05) is 13.2 Å². The molecule has 0 radical (unpaired) electrons. The van der Waals surface area contributed by atoms with Crippen LogP contribution in [0.4, 0.5) is 4.79 Å². The van der Waals surface area contributed by atoms with Crippen molar-refractivity contribution in [3.05, 3.63) is 0 Å². The first kappa shape index (κ1) is 14.3. The number of nitrogens with one attached hydrogen (secondary N) is 2. The topological polar surface area (TPSA) is 61.4 Å². The van der Waals surface area contributed by atoms with Crippen molar-refractivity contribution < 1.29 is 9.90 Å². The van der Waals surface area contributed by atoms with E-state index in [9.17, 15) is 9.90 Å². The van der Waals surface area contributed by atoms with Crippen molar-refractivity contribution in [3.63, 3.8) is 0 Å². The van der Waals surface area contributed by atoms with Crippen molar-refractivity contribution in [2.45, 2.75) is 57.9 Å². The average molecular weight is 242 g/mol. The lowest BCUT2D eigenvalue weighted by molar-refractivity contribution is 0.106. The third-order valence-corrected chi connectivity index (χ3v) is 3.59. The molecule has 2 amide bonds. The molecule has 0 aromatic rings. The second-order valence-electron chi connectivity index (χ2n) is 5.37. The largest absolute Gasteiger partial charge is 0.394 e. The Kier molecular flexibility index (Phi) is 5.75. The minimum Gasteiger partial charge on any atom is -0.394 e. The zero-order valence-electron chi connectivity index (χ0n) is 11.1. The Morgan fingerprint density at radius 1 is 1.53 bits per heavy atom. The molecule has 0 bridgehead atoms. The molecule has 0 saturated heterocycles. The van der Waals surface area contributed by atoms with Gasteiger partial charge in [0.2, 0.25) is 0 Å². The highest BCUT2D eigenvalue weighted by atomic mass is 16.3. The first-order valence-corrected chi connectivity index (χ1v) is 6.79. The van der Waals surface area contributed by atoms with E-state index in [0.717, 1.165) is 32.1 Å². The van der Waals surface area contributed by atoms with Crippen molar-refractivity contribution >= 4 is 6.03 Å². The van der Waals surface area contributed by atoms with E-state index in [1.165, 1.54) is 6.42 Å². The smallest absolute Gasteiger partial charge is 0.315 e. The maximum Gasteiger partial charge on any atom is 0.315 e. The molecule has 2 unspecified atom stereocenters. The molecule has 0 spiro atoms. The second kappa shape index (κ2) is 6.84. The van der Waals surface area contributed by atoms with Gasteiger partial charge >= 0.3 is 6.03 Å². The Bertz CT molecular complexity index is 246. The van der Waals surface area contributed by atoms with Crippen LogP contribution in [0.25, 0.3) is 0 Å². The summed E-state index contributed by atoms with van der Waals surface area (Å²) in [5, 5.41) is 15.4. The third-order valence-electron chi connectivity index (χ3n) is 3.59. The lowest BCUT2D eigenvalue weighted by atomic mass is 9.77. The summed E-state index contributed by atoms with van der Waals surface area (Å²) in [7, 11) is 0. The Balaban J connectivity index is 2.42.